The number of benzene rings is 1. The molecule has 1 aromatic rings. The Morgan fingerprint density at radius 1 is 1.30 bits per heavy atom. The molecule has 1 atom stereocenters. The van der Waals surface area contributed by atoms with Gasteiger partial charge in [-0.25, -0.2) is 0 Å². The molecule has 3 N–H and O–H groups in total. The quantitative estimate of drug-likeness (QED) is 0.657. The summed E-state index contributed by atoms with van der Waals surface area (Å²) in [6.07, 6.45) is 7.35. The van der Waals surface area contributed by atoms with E-state index in [9.17, 15) is 0 Å². The molecule has 0 radical (unpaired) electrons. The van der Waals surface area contributed by atoms with Crippen LogP contribution in [0.5, 0.6) is 0 Å². The van der Waals surface area contributed by atoms with Crippen LogP contribution in [0.25, 0.3) is 0 Å². The Kier molecular flexibility index (Phi) is 4.21. The molecule has 0 amide bonds. The molecule has 20 heavy (non-hydrogen) atoms. The van der Waals surface area contributed by atoms with E-state index in [2.05, 4.69) is 28.5 Å². The van der Waals surface area contributed by atoms with Gasteiger partial charge in [0.25, 0.3) is 0 Å². The summed E-state index contributed by atoms with van der Waals surface area (Å²) in [7, 11) is 0. The highest BCUT2D eigenvalue weighted by Gasteiger charge is 2.15. The maximum Gasteiger partial charge on any atom is 0.193 e. The van der Waals surface area contributed by atoms with Crippen molar-refractivity contribution in [1.29, 1.82) is 0 Å². The van der Waals surface area contributed by atoms with Crippen molar-refractivity contribution < 1.29 is 4.74 Å². The Morgan fingerprint density at radius 2 is 2.20 bits per heavy atom. The van der Waals surface area contributed by atoms with Crippen LogP contribution >= 0.6 is 0 Å². The Labute approximate surface area is 120 Å². The van der Waals surface area contributed by atoms with E-state index >= 15 is 0 Å². The number of guanidine groups is 1. The molecule has 1 heterocycles. The van der Waals surface area contributed by atoms with Gasteiger partial charge in [0.05, 0.1) is 12.6 Å². The number of nitrogens with two attached hydrogens (primary N) is 1. The second kappa shape index (κ2) is 6.27. The van der Waals surface area contributed by atoms with Gasteiger partial charge in [0.15, 0.2) is 5.96 Å². The number of nitrogens with one attached hydrogen (secondary N) is 1. The number of aryl methyl sites for hydroxylation is 1. The molecule has 0 aromatic heterocycles. The molecule has 1 saturated heterocycles. The first-order valence-electron chi connectivity index (χ1n) is 7.62. The van der Waals surface area contributed by atoms with Crippen LogP contribution in [-0.4, -0.2) is 25.2 Å². The van der Waals surface area contributed by atoms with Crippen LogP contribution in [0.2, 0.25) is 0 Å². The standard InChI is InChI=1S/C16H23N3O/c17-16(18-11-13-7-4-10-20-13)19-15-9-3-6-12-5-1-2-8-14(12)15/h3,6,9,13H,1-2,4-5,7-8,10-11H2,(H3,17,18,19)/t13-/m1/s1. The molecular formula is C16H23N3O. The zero-order valence-electron chi connectivity index (χ0n) is 11.9. The van der Waals surface area contributed by atoms with Gasteiger partial charge in [0, 0.05) is 12.3 Å². The average Bonchev–Trinajstić information content (AvgIpc) is 2.99. The lowest BCUT2D eigenvalue weighted by Gasteiger charge is -2.20. The summed E-state index contributed by atoms with van der Waals surface area (Å²) in [4.78, 5) is 4.41. The number of anilines is 1. The van der Waals surface area contributed by atoms with Gasteiger partial charge in [0.2, 0.25) is 0 Å². The van der Waals surface area contributed by atoms with Gasteiger partial charge >= 0.3 is 0 Å². The summed E-state index contributed by atoms with van der Waals surface area (Å²) in [5, 5.41) is 3.27. The molecular weight excluding hydrogens is 250 g/mol. The largest absolute Gasteiger partial charge is 0.376 e. The first-order valence-corrected chi connectivity index (χ1v) is 7.62. The molecule has 0 saturated carbocycles. The molecule has 2 aliphatic rings. The SMILES string of the molecule is NC(=NC[C@H]1CCCO1)Nc1cccc2c1CCCC2. The highest BCUT2D eigenvalue weighted by molar-refractivity contribution is 5.93. The first kappa shape index (κ1) is 13.4. The summed E-state index contributed by atoms with van der Waals surface area (Å²) >= 11 is 0. The zero-order chi connectivity index (χ0) is 13.8. The maximum absolute atomic E-state index is 6.00. The van der Waals surface area contributed by atoms with Crippen molar-refractivity contribution in [1.82, 2.24) is 0 Å². The number of ether oxygens (including phenoxy) is 1. The van der Waals surface area contributed by atoms with Gasteiger partial charge in [-0.05, 0) is 55.7 Å². The molecule has 1 aliphatic heterocycles. The molecule has 0 unspecified atom stereocenters. The van der Waals surface area contributed by atoms with Crippen LogP contribution < -0.4 is 11.1 Å². The Morgan fingerprint density at radius 3 is 3.05 bits per heavy atom. The molecule has 108 valence electrons. The summed E-state index contributed by atoms with van der Waals surface area (Å²) in [5.41, 5.74) is 9.98. The molecule has 1 aromatic carbocycles. The maximum atomic E-state index is 6.00. The Balaban J connectivity index is 1.66. The van der Waals surface area contributed by atoms with Crippen LogP contribution in [-0.2, 0) is 17.6 Å². The fourth-order valence-electron chi connectivity index (χ4n) is 3.06. The monoisotopic (exact) mass is 273 g/mol. The van der Waals surface area contributed by atoms with Gasteiger partial charge in [0.1, 0.15) is 0 Å². The number of aliphatic imine (C=N–C) groups is 1. The minimum atomic E-state index is 0.250. The van der Waals surface area contributed by atoms with Crippen molar-refractivity contribution in [2.75, 3.05) is 18.5 Å². The van der Waals surface area contributed by atoms with Crippen LogP contribution in [0.1, 0.15) is 36.8 Å². The second-order valence-corrected chi connectivity index (χ2v) is 5.64. The van der Waals surface area contributed by atoms with Crippen molar-refractivity contribution >= 4 is 11.6 Å². The number of hydrogen-bond acceptors (Lipinski definition) is 2. The first-order chi connectivity index (χ1) is 9.83. The predicted molar refractivity (Wildman–Crippen MR) is 82.2 cm³/mol. The third kappa shape index (κ3) is 3.12. The topological polar surface area (TPSA) is 59.6 Å². The van der Waals surface area contributed by atoms with E-state index in [-0.39, 0.29) is 6.10 Å². The summed E-state index contributed by atoms with van der Waals surface area (Å²) in [6, 6.07) is 6.41. The average molecular weight is 273 g/mol. The number of fused-ring (bicyclic) bond motifs is 1. The molecule has 0 bridgehead atoms. The van der Waals surface area contributed by atoms with Crippen molar-refractivity contribution in [3.05, 3.63) is 29.3 Å². The number of nitrogens with zero attached hydrogens (tertiary/aromatic N) is 1. The summed E-state index contributed by atoms with van der Waals surface area (Å²) in [5.74, 6) is 0.500. The van der Waals surface area contributed by atoms with Gasteiger partial charge < -0.3 is 15.8 Å². The van der Waals surface area contributed by atoms with Crippen molar-refractivity contribution in [3.63, 3.8) is 0 Å². The summed E-state index contributed by atoms with van der Waals surface area (Å²) < 4.78 is 5.55. The third-order valence-electron chi connectivity index (χ3n) is 4.15. The minimum Gasteiger partial charge on any atom is -0.376 e. The van der Waals surface area contributed by atoms with Gasteiger partial charge in [-0.1, -0.05) is 12.1 Å². The van der Waals surface area contributed by atoms with E-state index in [0.29, 0.717) is 12.5 Å². The fourth-order valence-corrected chi connectivity index (χ4v) is 3.06. The Bertz CT molecular complexity index is 492. The van der Waals surface area contributed by atoms with Crippen LogP contribution in [0.3, 0.4) is 0 Å². The van der Waals surface area contributed by atoms with Gasteiger partial charge in [-0.15, -0.1) is 0 Å². The molecule has 0 spiro atoms. The number of rotatable bonds is 3. The minimum absolute atomic E-state index is 0.250. The lowest BCUT2D eigenvalue weighted by atomic mass is 9.90. The zero-order valence-corrected chi connectivity index (χ0v) is 11.9. The lowest BCUT2D eigenvalue weighted by molar-refractivity contribution is 0.118. The van der Waals surface area contributed by atoms with E-state index in [1.165, 1.54) is 30.4 Å². The fraction of sp³-hybridized carbons (Fsp3) is 0.562. The van der Waals surface area contributed by atoms with E-state index in [1.807, 2.05) is 0 Å². The predicted octanol–water partition coefficient (Wildman–Crippen LogP) is 2.47. The van der Waals surface area contributed by atoms with Gasteiger partial charge in [-0.3, -0.25) is 4.99 Å². The molecule has 1 fully saturated rings. The highest BCUT2D eigenvalue weighted by Crippen LogP contribution is 2.27. The van der Waals surface area contributed by atoms with Crippen molar-refractivity contribution in [3.8, 4) is 0 Å². The normalized spacial score (nSPS) is 22.6. The van der Waals surface area contributed by atoms with E-state index in [0.717, 1.165) is 31.6 Å². The van der Waals surface area contributed by atoms with E-state index in [4.69, 9.17) is 10.5 Å². The van der Waals surface area contributed by atoms with Crippen molar-refractivity contribution in [2.24, 2.45) is 10.7 Å². The van der Waals surface area contributed by atoms with Crippen LogP contribution in [0, 0.1) is 0 Å². The smallest absolute Gasteiger partial charge is 0.193 e. The van der Waals surface area contributed by atoms with Gasteiger partial charge in [-0.2, -0.15) is 0 Å². The lowest BCUT2D eigenvalue weighted by Crippen LogP contribution is -2.25. The van der Waals surface area contributed by atoms with Crippen LogP contribution in [0.4, 0.5) is 5.69 Å². The summed E-state index contributed by atoms with van der Waals surface area (Å²) in [6.45, 7) is 1.52. The van der Waals surface area contributed by atoms with E-state index < -0.39 is 0 Å². The highest BCUT2D eigenvalue weighted by atomic mass is 16.5. The van der Waals surface area contributed by atoms with Crippen molar-refractivity contribution in [2.45, 2.75) is 44.6 Å². The molecule has 4 heteroatoms. The molecule has 4 nitrogen and oxygen atoms in total. The van der Waals surface area contributed by atoms with E-state index in [1.54, 1.807) is 0 Å². The molecule has 1 aliphatic carbocycles. The molecule has 3 rings (SSSR count). The Hall–Kier alpha value is -1.55. The van der Waals surface area contributed by atoms with Crippen LogP contribution in [0.15, 0.2) is 23.2 Å². The number of hydrogen-bond donors (Lipinski definition) is 2. The second-order valence-electron chi connectivity index (χ2n) is 5.64. The third-order valence-corrected chi connectivity index (χ3v) is 4.15.